The molecule has 11 nitrogen and oxygen atoms in total. The topological polar surface area (TPSA) is 153 Å². The molecule has 2 bridgehead atoms. The molecule has 7 rings (SSSR count). The maximum absolute atomic E-state index is 15.2. The number of rotatable bonds is 8. The number of anilines is 2. The minimum absolute atomic E-state index is 0.0167. The van der Waals surface area contributed by atoms with Crippen LogP contribution >= 0.6 is 0 Å². The van der Waals surface area contributed by atoms with E-state index in [1.54, 1.807) is 22.9 Å². The predicted molar refractivity (Wildman–Crippen MR) is 125 cm³/mol. The van der Waals surface area contributed by atoms with Crippen LogP contribution < -0.4 is 10.6 Å². The van der Waals surface area contributed by atoms with Crippen molar-refractivity contribution in [3.05, 3.63) is 35.4 Å². The van der Waals surface area contributed by atoms with Gasteiger partial charge in [-0.2, -0.15) is 10.4 Å². The molecule has 0 unspecified atom stereocenters. The molecule has 4 saturated carbocycles. The summed E-state index contributed by atoms with van der Waals surface area (Å²) in [5.41, 5.74) is 1.84. The number of ether oxygens (including phenoxy) is 1. The molecular formula is C24H27FN8O3. The smallest absolute Gasteiger partial charge is 0.407 e. The molecule has 0 radical (unpaired) electrons. The number of aryl methyl sites for hydroxylation is 1. The number of imidazole rings is 1. The number of aromatic amines is 1. The van der Waals surface area contributed by atoms with Gasteiger partial charge in [0.25, 0.3) is 0 Å². The van der Waals surface area contributed by atoms with Crippen LogP contribution in [0.5, 0.6) is 0 Å². The van der Waals surface area contributed by atoms with Gasteiger partial charge >= 0.3 is 6.09 Å². The van der Waals surface area contributed by atoms with E-state index in [-0.39, 0.29) is 12.1 Å². The number of carbonyl (C=O) groups excluding carboxylic acids is 1. The second-order valence-corrected chi connectivity index (χ2v) is 10.1. The fourth-order valence-corrected chi connectivity index (χ4v) is 5.75. The Hall–Kier alpha value is -3.72. The van der Waals surface area contributed by atoms with E-state index in [1.165, 1.54) is 0 Å². The summed E-state index contributed by atoms with van der Waals surface area (Å²) in [6.45, 7) is -0.0167. The third-order valence-electron chi connectivity index (χ3n) is 7.71. The van der Waals surface area contributed by atoms with Crippen LogP contribution in [0.25, 0.3) is 5.65 Å². The second kappa shape index (κ2) is 8.74. The number of carbonyl (C=O) groups is 1. The Balaban J connectivity index is 1.15. The van der Waals surface area contributed by atoms with Gasteiger partial charge < -0.3 is 20.5 Å². The zero-order chi connectivity index (χ0) is 24.9. The van der Waals surface area contributed by atoms with E-state index < -0.39 is 24.3 Å². The van der Waals surface area contributed by atoms with Crippen LogP contribution in [-0.2, 0) is 11.2 Å². The Bertz CT molecular complexity index is 1330. The van der Waals surface area contributed by atoms with E-state index in [0.717, 1.165) is 25.2 Å². The number of nitriles is 1. The van der Waals surface area contributed by atoms with Gasteiger partial charge in [0.2, 0.25) is 5.95 Å². The van der Waals surface area contributed by atoms with Crippen molar-refractivity contribution in [2.45, 2.75) is 68.7 Å². The number of amides is 1. The molecule has 0 aromatic carbocycles. The molecule has 4 fully saturated rings. The number of alkyl halides is 1. The molecular weight excluding hydrogens is 467 g/mol. The number of fused-ring (bicyclic) bond motifs is 1. The molecule has 4 N–H and O–H groups in total. The maximum atomic E-state index is 15.2. The average Bonchev–Trinajstić information content (AvgIpc) is 3.55. The zero-order valence-electron chi connectivity index (χ0n) is 19.6. The number of alkyl carbamates (subject to hydrolysis) is 1. The fraction of sp³-hybridized carbons (Fsp3) is 0.542. The number of aromatic nitrogens is 5. The number of H-pyrrole nitrogens is 1. The Morgan fingerprint density at radius 1 is 1.39 bits per heavy atom. The van der Waals surface area contributed by atoms with E-state index in [9.17, 15) is 15.2 Å². The lowest BCUT2D eigenvalue weighted by Gasteiger charge is -2.61. The summed E-state index contributed by atoms with van der Waals surface area (Å²) in [4.78, 5) is 21.1. The molecule has 4 aliphatic rings. The average molecular weight is 495 g/mol. The van der Waals surface area contributed by atoms with Crippen LogP contribution in [0.15, 0.2) is 18.5 Å². The summed E-state index contributed by atoms with van der Waals surface area (Å²) >= 11 is 0. The van der Waals surface area contributed by atoms with Crippen molar-refractivity contribution in [2.24, 2.45) is 5.92 Å². The van der Waals surface area contributed by atoms with Gasteiger partial charge in [-0.25, -0.2) is 19.2 Å². The highest BCUT2D eigenvalue weighted by atomic mass is 19.1. The SMILES string of the molecule is N#Cc1c(CCCO)nc(Nc2cc([C@H]3CC[C@@H](OC(=O)NC45CC(C4)C5)[C@H]3F)[nH]n2)n2ccnc12. The highest BCUT2D eigenvalue weighted by Gasteiger charge is 2.58. The summed E-state index contributed by atoms with van der Waals surface area (Å²) in [5.74, 6) is 1.10. The lowest BCUT2D eigenvalue weighted by atomic mass is 9.50. The first-order chi connectivity index (χ1) is 17.5. The van der Waals surface area contributed by atoms with Crippen molar-refractivity contribution in [1.29, 1.82) is 5.26 Å². The number of nitrogens with one attached hydrogen (secondary N) is 3. The van der Waals surface area contributed by atoms with Gasteiger partial charge in [-0.1, -0.05) is 0 Å². The fourth-order valence-electron chi connectivity index (χ4n) is 5.75. The molecule has 4 aliphatic carbocycles. The van der Waals surface area contributed by atoms with E-state index in [4.69, 9.17) is 4.74 Å². The largest absolute Gasteiger partial charge is 0.443 e. The quantitative estimate of drug-likeness (QED) is 0.373. The van der Waals surface area contributed by atoms with Gasteiger partial charge in [-0.05, 0) is 50.9 Å². The number of nitrogens with zero attached hydrogens (tertiary/aromatic N) is 5. The first-order valence-electron chi connectivity index (χ1n) is 12.3. The van der Waals surface area contributed by atoms with Crippen molar-refractivity contribution in [3.8, 4) is 6.07 Å². The normalized spacial score (nSPS) is 28.2. The van der Waals surface area contributed by atoms with E-state index >= 15 is 4.39 Å². The van der Waals surface area contributed by atoms with Gasteiger partial charge in [0, 0.05) is 42.2 Å². The minimum atomic E-state index is -1.34. The number of hydrogen-bond donors (Lipinski definition) is 4. The third kappa shape index (κ3) is 3.83. The predicted octanol–water partition coefficient (Wildman–Crippen LogP) is 2.86. The second-order valence-electron chi connectivity index (χ2n) is 10.1. The lowest BCUT2D eigenvalue weighted by Crippen LogP contribution is -2.68. The molecule has 0 saturated heterocycles. The molecule has 12 heteroatoms. The van der Waals surface area contributed by atoms with Crippen LogP contribution in [0, 0.1) is 17.2 Å². The van der Waals surface area contributed by atoms with Crippen LogP contribution in [0.1, 0.15) is 61.4 Å². The lowest BCUT2D eigenvalue weighted by molar-refractivity contribution is -0.0532. The van der Waals surface area contributed by atoms with Gasteiger partial charge in [0.05, 0.1) is 5.69 Å². The first kappa shape index (κ1) is 22.7. The molecule has 3 atom stereocenters. The Morgan fingerprint density at radius 2 is 2.22 bits per heavy atom. The number of hydrogen-bond acceptors (Lipinski definition) is 8. The summed E-state index contributed by atoms with van der Waals surface area (Å²) < 4.78 is 22.3. The standard InChI is InChI=1S/C24H27FN8O3/c25-20-14(3-4-18(20)36-23(35)30-24-9-13(10-24)11-24)17-8-19(32-31-17)29-22-28-16(2-1-7-34)15(12-26)21-27-5-6-33(21)22/h5-6,8,13-14,18,20,34H,1-4,7,9-11H2,(H,30,35)(H2,28,29,31,32)/t13?,14-,18-,20+,24?/m1/s1. The van der Waals surface area contributed by atoms with E-state index in [2.05, 4.69) is 36.9 Å². The van der Waals surface area contributed by atoms with Crippen molar-refractivity contribution in [1.82, 2.24) is 29.9 Å². The molecule has 3 aromatic heterocycles. The Kier molecular flexibility index (Phi) is 5.52. The maximum Gasteiger partial charge on any atom is 0.407 e. The number of halogens is 1. The Labute approximate surface area is 206 Å². The third-order valence-corrected chi connectivity index (χ3v) is 7.71. The van der Waals surface area contributed by atoms with Crippen molar-refractivity contribution < 1.29 is 19.0 Å². The number of aliphatic hydroxyl groups excluding tert-OH is 1. The van der Waals surface area contributed by atoms with Gasteiger partial charge in [-0.15, -0.1) is 0 Å². The van der Waals surface area contributed by atoms with E-state index in [0.29, 0.717) is 60.0 Å². The first-order valence-corrected chi connectivity index (χ1v) is 12.3. The molecule has 3 heterocycles. The summed E-state index contributed by atoms with van der Waals surface area (Å²) in [7, 11) is 0. The van der Waals surface area contributed by atoms with Gasteiger partial charge in [0.1, 0.15) is 23.9 Å². The molecule has 1 amide bonds. The molecule has 0 spiro atoms. The minimum Gasteiger partial charge on any atom is -0.443 e. The van der Waals surface area contributed by atoms with Crippen LogP contribution in [0.3, 0.4) is 0 Å². The molecule has 0 aliphatic heterocycles. The summed E-state index contributed by atoms with van der Waals surface area (Å²) in [6.07, 6.45) is 5.46. The van der Waals surface area contributed by atoms with Crippen LogP contribution in [0.2, 0.25) is 0 Å². The van der Waals surface area contributed by atoms with Gasteiger partial charge in [-0.3, -0.25) is 9.50 Å². The highest BCUT2D eigenvalue weighted by Crippen LogP contribution is 2.57. The van der Waals surface area contributed by atoms with Gasteiger partial charge in [0.15, 0.2) is 11.5 Å². The van der Waals surface area contributed by atoms with Crippen LogP contribution in [-0.4, -0.2) is 60.2 Å². The molecule has 36 heavy (non-hydrogen) atoms. The van der Waals surface area contributed by atoms with Crippen molar-refractivity contribution in [2.75, 3.05) is 11.9 Å². The van der Waals surface area contributed by atoms with Crippen molar-refractivity contribution >= 4 is 23.5 Å². The molecule has 188 valence electrons. The van der Waals surface area contributed by atoms with Crippen molar-refractivity contribution in [3.63, 3.8) is 0 Å². The zero-order valence-corrected chi connectivity index (χ0v) is 19.6. The molecule has 3 aromatic rings. The Morgan fingerprint density at radius 3 is 2.94 bits per heavy atom. The monoisotopic (exact) mass is 494 g/mol. The number of aliphatic hydroxyl groups is 1. The van der Waals surface area contributed by atoms with Crippen LogP contribution in [0.4, 0.5) is 21.0 Å². The summed E-state index contributed by atoms with van der Waals surface area (Å²) in [5, 5.41) is 32.0. The van der Waals surface area contributed by atoms with E-state index in [1.807, 2.05) is 0 Å². The highest BCUT2D eigenvalue weighted by molar-refractivity contribution is 5.69. The summed E-state index contributed by atoms with van der Waals surface area (Å²) in [6, 6.07) is 3.87.